The minimum Gasteiger partial charge on any atom is -0.491 e. The molecule has 0 bridgehead atoms. The van der Waals surface area contributed by atoms with Gasteiger partial charge in [-0.05, 0) is 92.3 Å². The van der Waals surface area contributed by atoms with Gasteiger partial charge in [0.2, 0.25) is 0 Å². The van der Waals surface area contributed by atoms with Crippen LogP contribution in [0.3, 0.4) is 0 Å². The molecular formula is C35H36N2O5. The first-order valence-corrected chi connectivity index (χ1v) is 14.0. The lowest BCUT2D eigenvalue weighted by molar-refractivity contribution is -0.137. The topological polar surface area (TPSA) is 95.9 Å². The number of carboxylic acid groups (broad SMARTS) is 1. The second kappa shape index (κ2) is 14.1. The van der Waals surface area contributed by atoms with Crippen LogP contribution in [0.25, 0.3) is 11.1 Å². The van der Waals surface area contributed by atoms with Gasteiger partial charge in [0.15, 0.2) is 0 Å². The summed E-state index contributed by atoms with van der Waals surface area (Å²) >= 11 is 0. The van der Waals surface area contributed by atoms with E-state index in [0.29, 0.717) is 41.3 Å². The van der Waals surface area contributed by atoms with E-state index in [0.717, 1.165) is 35.1 Å². The van der Waals surface area contributed by atoms with Crippen molar-refractivity contribution >= 4 is 29.2 Å². The SMILES string of the molecule is Cc1ccc(-c2ccccc2C(=O)Nc2ccc(C(=O)N(C)c3cc(C)ccc3OCCCCCC(=O)O)cc2)cc1. The molecule has 0 unspecified atom stereocenters. The Morgan fingerprint density at radius 1 is 0.810 bits per heavy atom. The van der Waals surface area contributed by atoms with Crippen LogP contribution < -0.4 is 15.0 Å². The molecule has 4 aromatic rings. The molecule has 0 radical (unpaired) electrons. The summed E-state index contributed by atoms with van der Waals surface area (Å²) in [6.07, 6.45) is 2.23. The number of nitrogens with zero attached hydrogens (tertiary/aromatic N) is 1. The van der Waals surface area contributed by atoms with Crippen LogP contribution in [0.1, 0.15) is 57.5 Å². The van der Waals surface area contributed by atoms with E-state index in [-0.39, 0.29) is 18.2 Å². The van der Waals surface area contributed by atoms with Gasteiger partial charge in [0.25, 0.3) is 11.8 Å². The van der Waals surface area contributed by atoms with Crippen molar-refractivity contribution < 1.29 is 24.2 Å². The van der Waals surface area contributed by atoms with Crippen LogP contribution >= 0.6 is 0 Å². The van der Waals surface area contributed by atoms with E-state index in [4.69, 9.17) is 9.84 Å². The lowest BCUT2D eigenvalue weighted by atomic mass is 9.98. The second-order valence-corrected chi connectivity index (χ2v) is 10.3. The molecule has 0 aliphatic heterocycles. The number of benzene rings is 4. The summed E-state index contributed by atoms with van der Waals surface area (Å²) in [5.41, 5.74) is 6.22. The minimum atomic E-state index is -0.796. The van der Waals surface area contributed by atoms with Crippen molar-refractivity contribution in [1.82, 2.24) is 0 Å². The molecule has 0 heterocycles. The zero-order valence-corrected chi connectivity index (χ0v) is 24.2. The maximum absolute atomic E-state index is 13.4. The van der Waals surface area contributed by atoms with Crippen LogP contribution in [0.4, 0.5) is 11.4 Å². The van der Waals surface area contributed by atoms with Crippen LogP contribution in [-0.2, 0) is 4.79 Å². The molecule has 2 amide bonds. The Bertz CT molecular complexity index is 1540. The predicted octanol–water partition coefficient (Wildman–Crippen LogP) is 7.52. The number of rotatable bonds is 12. The Balaban J connectivity index is 1.42. The fourth-order valence-corrected chi connectivity index (χ4v) is 4.61. The first-order valence-electron chi connectivity index (χ1n) is 14.0. The zero-order chi connectivity index (χ0) is 30.1. The van der Waals surface area contributed by atoms with Crippen molar-refractivity contribution in [2.75, 3.05) is 23.9 Å². The molecule has 7 nitrogen and oxygen atoms in total. The average molecular weight is 565 g/mol. The van der Waals surface area contributed by atoms with Crippen LogP contribution in [0, 0.1) is 13.8 Å². The highest BCUT2D eigenvalue weighted by Gasteiger charge is 2.19. The van der Waals surface area contributed by atoms with Gasteiger partial charge in [-0.3, -0.25) is 14.4 Å². The Morgan fingerprint density at radius 2 is 1.50 bits per heavy atom. The van der Waals surface area contributed by atoms with Crippen molar-refractivity contribution in [1.29, 1.82) is 0 Å². The van der Waals surface area contributed by atoms with Crippen molar-refractivity contribution in [2.45, 2.75) is 39.5 Å². The number of carboxylic acids is 1. The van der Waals surface area contributed by atoms with Crippen molar-refractivity contribution in [3.8, 4) is 16.9 Å². The quantitative estimate of drug-likeness (QED) is 0.174. The highest BCUT2D eigenvalue weighted by molar-refractivity contribution is 6.09. The van der Waals surface area contributed by atoms with E-state index in [1.54, 1.807) is 42.3 Å². The lowest BCUT2D eigenvalue weighted by Gasteiger charge is -2.22. The predicted molar refractivity (Wildman–Crippen MR) is 167 cm³/mol. The number of aryl methyl sites for hydroxylation is 2. The Morgan fingerprint density at radius 3 is 2.21 bits per heavy atom. The Kier molecular flexibility index (Phi) is 10.1. The molecule has 0 aliphatic carbocycles. The van der Waals surface area contributed by atoms with E-state index in [9.17, 15) is 14.4 Å². The molecule has 0 aromatic heterocycles. The maximum atomic E-state index is 13.4. The first-order chi connectivity index (χ1) is 20.2. The third-order valence-corrected chi connectivity index (χ3v) is 7.00. The molecule has 4 rings (SSSR count). The molecule has 0 saturated heterocycles. The fraction of sp³-hybridized carbons (Fsp3) is 0.229. The zero-order valence-electron chi connectivity index (χ0n) is 24.2. The summed E-state index contributed by atoms with van der Waals surface area (Å²) in [5, 5.41) is 11.7. The van der Waals surface area contributed by atoms with Crippen LogP contribution in [-0.4, -0.2) is 36.5 Å². The van der Waals surface area contributed by atoms with Crippen molar-refractivity contribution in [2.24, 2.45) is 0 Å². The number of carbonyl (C=O) groups is 3. The molecule has 0 aliphatic rings. The van der Waals surface area contributed by atoms with E-state index in [1.807, 2.05) is 74.5 Å². The van der Waals surface area contributed by atoms with Gasteiger partial charge in [-0.25, -0.2) is 0 Å². The van der Waals surface area contributed by atoms with Crippen LogP contribution in [0.15, 0.2) is 91.0 Å². The number of hydrogen-bond acceptors (Lipinski definition) is 4. The molecule has 0 saturated carbocycles. The molecule has 216 valence electrons. The maximum Gasteiger partial charge on any atom is 0.303 e. The van der Waals surface area contributed by atoms with Gasteiger partial charge in [-0.2, -0.15) is 0 Å². The third-order valence-electron chi connectivity index (χ3n) is 7.00. The highest BCUT2D eigenvalue weighted by atomic mass is 16.5. The molecule has 0 fully saturated rings. The summed E-state index contributed by atoms with van der Waals surface area (Å²) < 4.78 is 5.97. The monoisotopic (exact) mass is 564 g/mol. The Hall–Kier alpha value is -4.91. The molecule has 0 atom stereocenters. The molecule has 7 heteroatoms. The van der Waals surface area contributed by atoms with Gasteiger partial charge in [0, 0.05) is 30.3 Å². The van der Waals surface area contributed by atoms with Gasteiger partial charge in [0.05, 0.1) is 12.3 Å². The number of nitrogens with one attached hydrogen (secondary N) is 1. The smallest absolute Gasteiger partial charge is 0.303 e. The molecule has 2 N–H and O–H groups in total. The number of aliphatic carboxylic acids is 1. The van der Waals surface area contributed by atoms with E-state index >= 15 is 0 Å². The molecule has 42 heavy (non-hydrogen) atoms. The number of hydrogen-bond donors (Lipinski definition) is 2. The highest BCUT2D eigenvalue weighted by Crippen LogP contribution is 2.31. The third kappa shape index (κ3) is 7.85. The first kappa shape index (κ1) is 30.1. The van der Waals surface area contributed by atoms with E-state index in [2.05, 4.69) is 5.32 Å². The average Bonchev–Trinajstić information content (AvgIpc) is 2.99. The number of ether oxygens (including phenoxy) is 1. The van der Waals surface area contributed by atoms with Crippen LogP contribution in [0.2, 0.25) is 0 Å². The van der Waals surface area contributed by atoms with Crippen LogP contribution in [0.5, 0.6) is 5.75 Å². The Labute approximate surface area is 246 Å². The summed E-state index contributed by atoms with van der Waals surface area (Å²) in [5.74, 6) is -0.650. The van der Waals surface area contributed by atoms with Gasteiger partial charge < -0.3 is 20.1 Å². The molecule has 4 aromatic carbocycles. The fourth-order valence-electron chi connectivity index (χ4n) is 4.61. The van der Waals surface area contributed by atoms with Gasteiger partial charge in [-0.1, -0.05) is 54.1 Å². The summed E-state index contributed by atoms with van der Waals surface area (Å²) in [7, 11) is 1.70. The van der Waals surface area contributed by atoms with E-state index in [1.165, 1.54) is 0 Å². The molecular weight excluding hydrogens is 528 g/mol. The number of anilines is 2. The largest absolute Gasteiger partial charge is 0.491 e. The number of amides is 2. The van der Waals surface area contributed by atoms with Gasteiger partial charge in [0.1, 0.15) is 5.75 Å². The normalized spacial score (nSPS) is 10.6. The second-order valence-electron chi connectivity index (χ2n) is 10.3. The van der Waals surface area contributed by atoms with Gasteiger partial charge in [-0.15, -0.1) is 0 Å². The lowest BCUT2D eigenvalue weighted by Crippen LogP contribution is -2.27. The minimum absolute atomic E-state index is 0.149. The van der Waals surface area contributed by atoms with Crippen molar-refractivity contribution in [3.63, 3.8) is 0 Å². The summed E-state index contributed by atoms with van der Waals surface area (Å²) in [6, 6.07) is 28.0. The summed E-state index contributed by atoms with van der Waals surface area (Å²) in [4.78, 5) is 38.8. The standard InChI is InChI=1S/C35H36N2O5/c1-24-12-15-26(16-13-24)29-9-6-7-10-30(29)34(40)36-28-19-17-27(18-20-28)35(41)37(3)31-23-25(2)14-21-32(31)42-22-8-4-5-11-33(38)39/h6-7,9-10,12-21,23H,4-5,8,11,22H2,1-3H3,(H,36,40)(H,38,39). The van der Waals surface area contributed by atoms with Gasteiger partial charge >= 0.3 is 5.97 Å². The molecule has 0 spiro atoms. The van der Waals surface area contributed by atoms with E-state index < -0.39 is 5.97 Å². The number of unbranched alkanes of at least 4 members (excludes halogenated alkanes) is 2. The summed E-state index contributed by atoms with van der Waals surface area (Å²) in [6.45, 7) is 4.41. The van der Waals surface area contributed by atoms with Crippen molar-refractivity contribution in [3.05, 3.63) is 113 Å². The number of carbonyl (C=O) groups excluding carboxylic acids is 2.